The number of hydrogen-bond donors (Lipinski definition) is 0. The Hall–Kier alpha value is -1.45. The van der Waals surface area contributed by atoms with Gasteiger partial charge in [-0.25, -0.2) is 9.97 Å². The van der Waals surface area contributed by atoms with Crippen molar-refractivity contribution < 1.29 is 4.52 Å². The Balaban J connectivity index is 2.70. The standard InChI is InChI=1S/C8H9N3O/c1-5(2)8-7-6(11-12-8)3-9-4-10-7/h3-5H,1-2H3. The van der Waals surface area contributed by atoms with Crippen molar-refractivity contribution in [3.63, 3.8) is 0 Å². The third-order valence-corrected chi connectivity index (χ3v) is 1.69. The molecule has 2 heterocycles. The van der Waals surface area contributed by atoms with Crippen LogP contribution >= 0.6 is 0 Å². The number of rotatable bonds is 1. The van der Waals surface area contributed by atoms with Crippen molar-refractivity contribution in [3.05, 3.63) is 18.3 Å². The summed E-state index contributed by atoms with van der Waals surface area (Å²) in [7, 11) is 0. The minimum atomic E-state index is 0.310. The molecular formula is C8H9N3O. The van der Waals surface area contributed by atoms with Crippen molar-refractivity contribution in [2.45, 2.75) is 19.8 Å². The highest BCUT2D eigenvalue weighted by Gasteiger charge is 2.12. The molecule has 62 valence electrons. The Kier molecular flexibility index (Phi) is 1.53. The second-order valence-electron chi connectivity index (χ2n) is 2.96. The summed E-state index contributed by atoms with van der Waals surface area (Å²) in [4.78, 5) is 7.95. The summed E-state index contributed by atoms with van der Waals surface area (Å²) in [5.41, 5.74) is 1.54. The molecule has 0 saturated carbocycles. The van der Waals surface area contributed by atoms with E-state index >= 15 is 0 Å². The van der Waals surface area contributed by atoms with Crippen LogP contribution in [0.1, 0.15) is 25.5 Å². The maximum absolute atomic E-state index is 5.12. The van der Waals surface area contributed by atoms with Crippen LogP contribution in [0.3, 0.4) is 0 Å². The molecule has 12 heavy (non-hydrogen) atoms. The lowest BCUT2D eigenvalue weighted by atomic mass is 10.1. The maximum atomic E-state index is 5.12. The molecule has 0 aliphatic heterocycles. The van der Waals surface area contributed by atoms with Gasteiger partial charge in [-0.2, -0.15) is 0 Å². The molecule has 2 aromatic heterocycles. The summed E-state index contributed by atoms with van der Waals surface area (Å²) >= 11 is 0. The molecule has 0 atom stereocenters. The van der Waals surface area contributed by atoms with Gasteiger partial charge in [-0.3, -0.25) is 0 Å². The van der Waals surface area contributed by atoms with Crippen molar-refractivity contribution >= 4 is 11.0 Å². The molecule has 0 saturated heterocycles. The fourth-order valence-electron chi connectivity index (χ4n) is 1.10. The molecular weight excluding hydrogens is 154 g/mol. The molecule has 4 nitrogen and oxygen atoms in total. The van der Waals surface area contributed by atoms with Gasteiger partial charge in [0, 0.05) is 5.92 Å². The second kappa shape index (κ2) is 2.55. The topological polar surface area (TPSA) is 51.8 Å². The van der Waals surface area contributed by atoms with Crippen molar-refractivity contribution in [1.82, 2.24) is 15.1 Å². The molecule has 0 radical (unpaired) electrons. The lowest BCUT2D eigenvalue weighted by molar-refractivity contribution is 0.378. The largest absolute Gasteiger partial charge is 0.358 e. The lowest BCUT2D eigenvalue weighted by Gasteiger charge is -1.95. The first-order valence-electron chi connectivity index (χ1n) is 3.84. The van der Waals surface area contributed by atoms with Gasteiger partial charge < -0.3 is 4.52 Å². The highest BCUT2D eigenvalue weighted by Crippen LogP contribution is 2.21. The van der Waals surface area contributed by atoms with Gasteiger partial charge in [0.25, 0.3) is 0 Å². The van der Waals surface area contributed by atoms with Gasteiger partial charge in [-0.1, -0.05) is 19.0 Å². The van der Waals surface area contributed by atoms with E-state index in [1.165, 1.54) is 6.33 Å². The number of hydrogen-bond acceptors (Lipinski definition) is 4. The molecule has 0 amide bonds. The molecule has 0 bridgehead atoms. The average molecular weight is 163 g/mol. The van der Waals surface area contributed by atoms with Crippen LogP contribution in [0.5, 0.6) is 0 Å². The van der Waals surface area contributed by atoms with E-state index in [0.29, 0.717) is 5.92 Å². The number of aromatic nitrogens is 3. The molecule has 0 aliphatic carbocycles. The summed E-state index contributed by atoms with van der Waals surface area (Å²) in [6.07, 6.45) is 3.16. The molecule has 0 spiro atoms. The molecule has 0 fully saturated rings. The molecule has 2 rings (SSSR count). The third-order valence-electron chi connectivity index (χ3n) is 1.69. The van der Waals surface area contributed by atoms with E-state index in [4.69, 9.17) is 4.52 Å². The summed E-state index contributed by atoms with van der Waals surface area (Å²) in [6, 6.07) is 0. The van der Waals surface area contributed by atoms with Gasteiger partial charge in [0.15, 0.2) is 11.3 Å². The van der Waals surface area contributed by atoms with Crippen LogP contribution in [0.4, 0.5) is 0 Å². The van der Waals surface area contributed by atoms with Crippen LogP contribution < -0.4 is 0 Å². The minimum absolute atomic E-state index is 0.310. The van der Waals surface area contributed by atoms with Crippen LogP contribution in [-0.4, -0.2) is 15.1 Å². The average Bonchev–Trinajstić information content (AvgIpc) is 2.47. The van der Waals surface area contributed by atoms with Crippen LogP contribution in [0, 0.1) is 0 Å². The van der Waals surface area contributed by atoms with Gasteiger partial charge in [0.2, 0.25) is 0 Å². The Morgan fingerprint density at radius 3 is 3.00 bits per heavy atom. The molecule has 0 N–H and O–H groups in total. The molecule has 0 aromatic carbocycles. The Morgan fingerprint density at radius 1 is 1.42 bits per heavy atom. The van der Waals surface area contributed by atoms with Crippen LogP contribution in [0.2, 0.25) is 0 Å². The van der Waals surface area contributed by atoms with E-state index in [0.717, 1.165) is 16.8 Å². The van der Waals surface area contributed by atoms with Crippen LogP contribution in [-0.2, 0) is 0 Å². The summed E-state index contributed by atoms with van der Waals surface area (Å²) in [5, 5.41) is 3.84. The van der Waals surface area contributed by atoms with E-state index in [-0.39, 0.29) is 0 Å². The zero-order chi connectivity index (χ0) is 8.55. The van der Waals surface area contributed by atoms with Crippen molar-refractivity contribution in [1.29, 1.82) is 0 Å². The van der Waals surface area contributed by atoms with E-state index < -0.39 is 0 Å². The smallest absolute Gasteiger partial charge is 0.165 e. The van der Waals surface area contributed by atoms with Gasteiger partial charge in [-0.15, -0.1) is 0 Å². The maximum Gasteiger partial charge on any atom is 0.165 e. The predicted molar refractivity (Wildman–Crippen MR) is 43.7 cm³/mol. The lowest BCUT2D eigenvalue weighted by Crippen LogP contribution is -1.86. The third kappa shape index (κ3) is 0.958. The van der Waals surface area contributed by atoms with E-state index in [9.17, 15) is 0 Å². The van der Waals surface area contributed by atoms with Crippen LogP contribution in [0.15, 0.2) is 17.0 Å². The van der Waals surface area contributed by atoms with Crippen molar-refractivity contribution in [3.8, 4) is 0 Å². The highest BCUT2D eigenvalue weighted by atomic mass is 16.5. The fourth-order valence-corrected chi connectivity index (χ4v) is 1.10. The monoisotopic (exact) mass is 163 g/mol. The molecule has 0 unspecified atom stereocenters. The molecule has 2 aromatic rings. The van der Waals surface area contributed by atoms with E-state index in [1.807, 2.05) is 13.8 Å². The molecule has 0 aliphatic rings. The van der Waals surface area contributed by atoms with Crippen molar-refractivity contribution in [2.75, 3.05) is 0 Å². The summed E-state index contributed by atoms with van der Waals surface area (Å²) < 4.78 is 5.12. The minimum Gasteiger partial charge on any atom is -0.358 e. The first-order chi connectivity index (χ1) is 5.79. The second-order valence-corrected chi connectivity index (χ2v) is 2.96. The van der Waals surface area contributed by atoms with Gasteiger partial charge in [0.1, 0.15) is 11.8 Å². The van der Waals surface area contributed by atoms with Gasteiger partial charge in [-0.05, 0) is 0 Å². The SMILES string of the molecule is CC(C)c1onc2cncnc12. The number of fused-ring (bicyclic) bond motifs is 1. The highest BCUT2D eigenvalue weighted by molar-refractivity contribution is 5.74. The van der Waals surface area contributed by atoms with Gasteiger partial charge >= 0.3 is 0 Å². The number of nitrogens with zero attached hydrogens (tertiary/aromatic N) is 3. The summed E-state index contributed by atoms with van der Waals surface area (Å²) in [6.45, 7) is 4.09. The Labute approximate surface area is 69.6 Å². The first-order valence-corrected chi connectivity index (χ1v) is 3.84. The van der Waals surface area contributed by atoms with Gasteiger partial charge in [0.05, 0.1) is 6.20 Å². The van der Waals surface area contributed by atoms with Crippen LogP contribution in [0.25, 0.3) is 11.0 Å². The van der Waals surface area contributed by atoms with E-state index in [1.54, 1.807) is 6.20 Å². The summed E-state index contributed by atoms with van der Waals surface area (Å²) in [5.74, 6) is 1.14. The fraction of sp³-hybridized carbons (Fsp3) is 0.375. The normalized spacial score (nSPS) is 11.2. The Morgan fingerprint density at radius 2 is 2.25 bits per heavy atom. The zero-order valence-corrected chi connectivity index (χ0v) is 6.98. The molecule has 4 heteroatoms. The quantitative estimate of drug-likeness (QED) is 0.642. The Bertz CT molecular complexity index is 394. The first kappa shape index (κ1) is 7.21. The van der Waals surface area contributed by atoms with Crippen molar-refractivity contribution in [2.24, 2.45) is 0 Å². The van der Waals surface area contributed by atoms with E-state index in [2.05, 4.69) is 15.1 Å². The predicted octanol–water partition coefficient (Wildman–Crippen LogP) is 1.74. The zero-order valence-electron chi connectivity index (χ0n) is 6.98.